The van der Waals surface area contributed by atoms with Gasteiger partial charge in [-0.3, -0.25) is 0 Å². The number of benzene rings is 2. The molecule has 2 unspecified atom stereocenters. The summed E-state index contributed by atoms with van der Waals surface area (Å²) >= 11 is 12.0. The van der Waals surface area contributed by atoms with Gasteiger partial charge in [0, 0.05) is 21.7 Å². The molecule has 3 nitrogen and oxygen atoms in total. The maximum Gasteiger partial charge on any atom is 0.326 e. The zero-order valence-corrected chi connectivity index (χ0v) is 12.5. The first-order valence-electron chi connectivity index (χ1n) is 6.59. The number of anilines is 1. The third-order valence-electron chi connectivity index (χ3n) is 3.76. The molecule has 0 fully saturated rings. The average Bonchev–Trinajstić information content (AvgIpc) is 2.47. The van der Waals surface area contributed by atoms with E-state index in [1.54, 1.807) is 6.07 Å². The average molecular weight is 322 g/mol. The van der Waals surface area contributed by atoms with E-state index in [0.717, 1.165) is 16.8 Å². The van der Waals surface area contributed by atoms with Crippen molar-refractivity contribution in [1.29, 1.82) is 0 Å². The topological polar surface area (TPSA) is 49.3 Å². The molecule has 21 heavy (non-hydrogen) atoms. The Morgan fingerprint density at radius 3 is 2.43 bits per heavy atom. The van der Waals surface area contributed by atoms with E-state index in [1.165, 1.54) is 0 Å². The van der Waals surface area contributed by atoms with Crippen molar-refractivity contribution in [3.8, 4) is 0 Å². The van der Waals surface area contributed by atoms with Crippen molar-refractivity contribution in [2.45, 2.75) is 18.4 Å². The van der Waals surface area contributed by atoms with Gasteiger partial charge in [0.25, 0.3) is 0 Å². The van der Waals surface area contributed by atoms with Crippen LogP contribution in [0.4, 0.5) is 5.69 Å². The van der Waals surface area contributed by atoms with Crippen LogP contribution >= 0.6 is 23.2 Å². The van der Waals surface area contributed by atoms with Crippen molar-refractivity contribution in [2.24, 2.45) is 0 Å². The second-order valence-corrected chi connectivity index (χ2v) is 5.98. The lowest BCUT2D eigenvalue weighted by molar-refractivity contribution is -0.138. The smallest absolute Gasteiger partial charge is 0.326 e. The molecular weight excluding hydrogens is 309 g/mol. The van der Waals surface area contributed by atoms with Crippen LogP contribution in [0, 0.1) is 0 Å². The summed E-state index contributed by atoms with van der Waals surface area (Å²) in [6.45, 7) is 0. The Balaban J connectivity index is 2.07. The van der Waals surface area contributed by atoms with Crippen molar-refractivity contribution in [3.63, 3.8) is 0 Å². The molecule has 108 valence electrons. The van der Waals surface area contributed by atoms with Crippen LogP contribution in [0.25, 0.3) is 0 Å². The molecule has 0 spiro atoms. The predicted octanol–water partition coefficient (Wildman–Crippen LogP) is 4.39. The first-order chi connectivity index (χ1) is 10.0. The molecule has 0 aromatic heterocycles. The standard InChI is InChI=1S/C16H13Cl2NO2/c17-10-3-1-9(2-4-10)12-8-15(16(20)21)19-14-6-5-11(18)7-13(12)14/h1-7,12,15,19H,8H2,(H,20,21). The van der Waals surface area contributed by atoms with E-state index in [1.807, 2.05) is 36.4 Å². The van der Waals surface area contributed by atoms with Gasteiger partial charge in [0.2, 0.25) is 0 Å². The number of halogens is 2. The first-order valence-corrected chi connectivity index (χ1v) is 7.34. The molecule has 0 amide bonds. The maximum absolute atomic E-state index is 11.4. The van der Waals surface area contributed by atoms with Gasteiger partial charge in [0.1, 0.15) is 6.04 Å². The highest BCUT2D eigenvalue weighted by Crippen LogP contribution is 2.40. The molecule has 2 N–H and O–H groups in total. The number of fused-ring (bicyclic) bond motifs is 1. The highest BCUT2D eigenvalue weighted by Gasteiger charge is 2.31. The third-order valence-corrected chi connectivity index (χ3v) is 4.25. The number of carboxylic acids is 1. The van der Waals surface area contributed by atoms with E-state index < -0.39 is 12.0 Å². The van der Waals surface area contributed by atoms with Crippen LogP contribution in [0.5, 0.6) is 0 Å². The molecule has 5 heteroatoms. The van der Waals surface area contributed by atoms with Crippen LogP contribution in [0.1, 0.15) is 23.5 Å². The highest BCUT2D eigenvalue weighted by molar-refractivity contribution is 6.31. The van der Waals surface area contributed by atoms with E-state index >= 15 is 0 Å². The van der Waals surface area contributed by atoms with Crippen molar-refractivity contribution in [2.75, 3.05) is 5.32 Å². The summed E-state index contributed by atoms with van der Waals surface area (Å²) in [5, 5.41) is 13.7. The lowest BCUT2D eigenvalue weighted by atomic mass is 9.82. The second kappa shape index (κ2) is 5.58. The fraction of sp³-hybridized carbons (Fsp3) is 0.188. The largest absolute Gasteiger partial charge is 0.480 e. The summed E-state index contributed by atoms with van der Waals surface area (Å²) in [5.41, 5.74) is 2.87. The van der Waals surface area contributed by atoms with Crippen LogP contribution in [0.15, 0.2) is 42.5 Å². The van der Waals surface area contributed by atoms with Gasteiger partial charge < -0.3 is 10.4 Å². The molecule has 2 atom stereocenters. The third kappa shape index (κ3) is 2.85. The molecule has 0 radical (unpaired) electrons. The SMILES string of the molecule is O=C(O)C1CC(c2ccc(Cl)cc2)c2cc(Cl)ccc2N1. The van der Waals surface area contributed by atoms with E-state index in [0.29, 0.717) is 16.5 Å². The first kappa shape index (κ1) is 14.2. The van der Waals surface area contributed by atoms with Crippen molar-refractivity contribution in [1.82, 2.24) is 0 Å². The number of hydrogen-bond donors (Lipinski definition) is 2. The second-order valence-electron chi connectivity index (χ2n) is 5.11. The number of aliphatic carboxylic acids is 1. The van der Waals surface area contributed by atoms with E-state index in [4.69, 9.17) is 23.2 Å². The van der Waals surface area contributed by atoms with E-state index in [9.17, 15) is 9.90 Å². The van der Waals surface area contributed by atoms with Crippen LogP contribution in [-0.2, 0) is 4.79 Å². The number of rotatable bonds is 2. The molecule has 3 rings (SSSR count). The molecule has 2 aromatic rings. The van der Waals surface area contributed by atoms with E-state index in [2.05, 4.69) is 5.32 Å². The van der Waals surface area contributed by atoms with Crippen LogP contribution in [-0.4, -0.2) is 17.1 Å². The van der Waals surface area contributed by atoms with Gasteiger partial charge in [-0.1, -0.05) is 35.3 Å². The molecule has 0 aliphatic carbocycles. The minimum absolute atomic E-state index is 0.0154. The summed E-state index contributed by atoms with van der Waals surface area (Å²) < 4.78 is 0. The normalized spacial score (nSPS) is 20.5. The zero-order valence-electron chi connectivity index (χ0n) is 11.0. The number of hydrogen-bond acceptors (Lipinski definition) is 2. The molecule has 2 aromatic carbocycles. The summed E-state index contributed by atoms with van der Waals surface area (Å²) in [7, 11) is 0. The Kier molecular flexibility index (Phi) is 3.79. The quantitative estimate of drug-likeness (QED) is 0.862. The van der Waals surface area contributed by atoms with Gasteiger partial charge in [0.05, 0.1) is 0 Å². The van der Waals surface area contributed by atoms with Gasteiger partial charge in [-0.05, 0) is 47.9 Å². The molecule has 1 heterocycles. The summed E-state index contributed by atoms with van der Waals surface area (Å²) in [6, 6.07) is 12.4. The Labute approximate surface area is 132 Å². The van der Waals surface area contributed by atoms with E-state index in [-0.39, 0.29) is 5.92 Å². The van der Waals surface area contributed by atoms with Crippen molar-refractivity contribution in [3.05, 3.63) is 63.6 Å². The zero-order chi connectivity index (χ0) is 15.0. The molecule has 1 aliphatic rings. The molecular formula is C16H13Cl2NO2. The number of carboxylic acid groups (broad SMARTS) is 1. The van der Waals surface area contributed by atoms with Gasteiger partial charge in [-0.15, -0.1) is 0 Å². The lowest BCUT2D eigenvalue weighted by Crippen LogP contribution is -2.35. The monoisotopic (exact) mass is 321 g/mol. The van der Waals surface area contributed by atoms with Gasteiger partial charge in [-0.2, -0.15) is 0 Å². The number of carbonyl (C=O) groups is 1. The highest BCUT2D eigenvalue weighted by atomic mass is 35.5. The Bertz CT molecular complexity index is 685. The van der Waals surface area contributed by atoms with Gasteiger partial charge >= 0.3 is 5.97 Å². The van der Waals surface area contributed by atoms with Crippen LogP contribution in [0.2, 0.25) is 10.0 Å². The van der Waals surface area contributed by atoms with Crippen LogP contribution < -0.4 is 5.32 Å². The number of nitrogens with one attached hydrogen (secondary N) is 1. The van der Waals surface area contributed by atoms with Crippen molar-refractivity contribution >= 4 is 34.9 Å². The van der Waals surface area contributed by atoms with Crippen molar-refractivity contribution < 1.29 is 9.90 Å². The fourth-order valence-electron chi connectivity index (χ4n) is 2.74. The Morgan fingerprint density at radius 2 is 1.76 bits per heavy atom. The summed E-state index contributed by atoms with van der Waals surface area (Å²) in [6.07, 6.45) is 0.476. The Morgan fingerprint density at radius 1 is 1.10 bits per heavy atom. The Hall–Kier alpha value is -1.71. The molecule has 0 bridgehead atoms. The maximum atomic E-state index is 11.4. The molecule has 1 aliphatic heterocycles. The summed E-state index contributed by atoms with van der Waals surface area (Å²) in [5.74, 6) is -0.868. The predicted molar refractivity (Wildman–Crippen MR) is 84.4 cm³/mol. The molecule has 0 saturated carbocycles. The lowest BCUT2D eigenvalue weighted by Gasteiger charge is -2.31. The minimum atomic E-state index is -0.852. The minimum Gasteiger partial charge on any atom is -0.480 e. The fourth-order valence-corrected chi connectivity index (χ4v) is 3.04. The molecule has 0 saturated heterocycles. The van der Waals surface area contributed by atoms with Crippen LogP contribution in [0.3, 0.4) is 0 Å². The van der Waals surface area contributed by atoms with Gasteiger partial charge in [0.15, 0.2) is 0 Å². The van der Waals surface area contributed by atoms with Gasteiger partial charge in [-0.25, -0.2) is 4.79 Å². The summed E-state index contributed by atoms with van der Waals surface area (Å²) in [4.78, 5) is 11.4.